The quantitative estimate of drug-likeness (QED) is 0.0800. The van der Waals surface area contributed by atoms with E-state index in [1.807, 2.05) is 0 Å². The maximum absolute atomic E-state index is 12.8. The van der Waals surface area contributed by atoms with Crippen molar-refractivity contribution in [2.24, 2.45) is 17.2 Å². The first-order valence-electron chi connectivity index (χ1n) is 14.9. The molecular formula is C26H52N6O11. The summed E-state index contributed by atoms with van der Waals surface area (Å²) in [5, 5.41) is 70.8. The molecule has 17 nitrogen and oxygen atoms in total. The van der Waals surface area contributed by atoms with E-state index < -0.39 is 84.9 Å². The average Bonchev–Trinajstić information content (AvgIpc) is 2.95. The minimum Gasteiger partial charge on any atom is -0.395 e. The fraction of sp³-hybridized carbons (Fsp3) is 0.962. The molecule has 14 unspecified atom stereocenters. The Balaban J connectivity index is 1.79. The van der Waals surface area contributed by atoms with Crippen molar-refractivity contribution < 1.29 is 54.4 Å². The van der Waals surface area contributed by atoms with E-state index in [9.17, 15) is 30.3 Å². The normalized spacial score (nSPS) is 41.9. The van der Waals surface area contributed by atoms with Crippen molar-refractivity contribution in [1.82, 2.24) is 16.0 Å². The van der Waals surface area contributed by atoms with Gasteiger partial charge in [-0.2, -0.15) is 0 Å². The molecule has 0 spiro atoms. The van der Waals surface area contributed by atoms with Crippen molar-refractivity contribution in [3.05, 3.63) is 0 Å². The topological polar surface area (TPSA) is 290 Å². The maximum Gasteiger partial charge on any atom is 0.249 e. The van der Waals surface area contributed by atoms with Gasteiger partial charge in [-0.3, -0.25) is 4.79 Å². The highest BCUT2D eigenvalue weighted by atomic mass is 16.7. The number of carbonyl (C=O) groups is 1. The van der Waals surface area contributed by atoms with Gasteiger partial charge in [0.2, 0.25) is 5.91 Å². The van der Waals surface area contributed by atoms with E-state index in [4.69, 9.17) is 41.3 Å². The van der Waals surface area contributed by atoms with Gasteiger partial charge in [0.1, 0.15) is 36.1 Å². The van der Waals surface area contributed by atoms with Gasteiger partial charge in [-0.05, 0) is 33.2 Å². The van der Waals surface area contributed by atoms with E-state index in [-0.39, 0.29) is 38.7 Å². The summed E-state index contributed by atoms with van der Waals surface area (Å²) < 4.78 is 23.9. The van der Waals surface area contributed by atoms with E-state index in [1.54, 1.807) is 7.05 Å². The summed E-state index contributed by atoms with van der Waals surface area (Å²) >= 11 is 0. The van der Waals surface area contributed by atoms with E-state index in [2.05, 4.69) is 16.0 Å². The summed E-state index contributed by atoms with van der Waals surface area (Å²) in [6.07, 6.45) is -9.48. The van der Waals surface area contributed by atoms with Crippen molar-refractivity contribution in [3.8, 4) is 0 Å². The Hall–Kier alpha value is -1.13. The van der Waals surface area contributed by atoms with Crippen molar-refractivity contribution in [3.63, 3.8) is 0 Å². The monoisotopic (exact) mass is 624 g/mol. The van der Waals surface area contributed by atoms with Gasteiger partial charge in [0, 0.05) is 32.1 Å². The zero-order chi connectivity index (χ0) is 31.9. The largest absolute Gasteiger partial charge is 0.395 e. The molecule has 2 heterocycles. The molecule has 15 N–H and O–H groups in total. The summed E-state index contributed by atoms with van der Waals surface area (Å²) in [7, 11) is 1.56. The number of likely N-dealkylation sites (N-methyl/N-ethyl adjacent to an activating group) is 1. The van der Waals surface area contributed by atoms with Crippen LogP contribution in [0, 0.1) is 0 Å². The van der Waals surface area contributed by atoms with Crippen molar-refractivity contribution in [2.45, 2.75) is 118 Å². The fourth-order valence-electron chi connectivity index (χ4n) is 5.85. The zero-order valence-corrected chi connectivity index (χ0v) is 24.8. The molecule has 3 rings (SSSR count). The van der Waals surface area contributed by atoms with Gasteiger partial charge in [0.25, 0.3) is 0 Å². The highest BCUT2D eigenvalue weighted by Gasteiger charge is 2.52. The van der Waals surface area contributed by atoms with Crippen LogP contribution in [0.5, 0.6) is 0 Å². The Morgan fingerprint density at radius 2 is 1.79 bits per heavy atom. The fourth-order valence-corrected chi connectivity index (χ4v) is 5.85. The summed E-state index contributed by atoms with van der Waals surface area (Å²) in [5.74, 6) is -0.845. The minimum atomic E-state index is -1.60. The number of ether oxygens (including phenoxy) is 4. The van der Waals surface area contributed by atoms with Crippen LogP contribution in [0.2, 0.25) is 0 Å². The molecule has 0 aromatic carbocycles. The van der Waals surface area contributed by atoms with Crippen LogP contribution in [0.1, 0.15) is 32.6 Å². The smallest absolute Gasteiger partial charge is 0.249 e. The summed E-state index contributed by atoms with van der Waals surface area (Å²) in [4.78, 5) is 12.8. The molecule has 0 radical (unpaired) electrons. The molecule has 2 aliphatic heterocycles. The molecule has 1 aliphatic carbocycles. The molecule has 252 valence electrons. The molecule has 1 amide bonds. The van der Waals surface area contributed by atoms with Crippen LogP contribution < -0.4 is 33.2 Å². The lowest BCUT2D eigenvalue weighted by molar-refractivity contribution is -0.307. The Kier molecular flexibility index (Phi) is 13.9. The molecule has 17 heteroatoms. The van der Waals surface area contributed by atoms with Gasteiger partial charge in [0.05, 0.1) is 43.5 Å². The standard InChI is InChI=1S/C26H52N6O11/c1-26(39)11-40-25(19(37)22(26)30-2)43-21-16(32-23(38)17(35)7-12(34)9-27)8-15(29)20(18(21)36)42-24-14(28)4-3-13(41-24)10-31-5-6-33/h12-22,24-25,30-31,33-37,39H,3-11,27-29H2,1-2H3,(H,32,38). The number of carbonyl (C=O) groups excluding carboxylic acids is 1. The summed E-state index contributed by atoms with van der Waals surface area (Å²) in [6.45, 7) is 1.97. The van der Waals surface area contributed by atoms with Crippen molar-refractivity contribution >= 4 is 5.91 Å². The number of nitrogens with one attached hydrogen (secondary N) is 3. The third kappa shape index (κ3) is 9.44. The lowest BCUT2D eigenvalue weighted by Gasteiger charge is -2.49. The van der Waals surface area contributed by atoms with Crippen LogP contribution in [0.15, 0.2) is 0 Å². The second-order valence-electron chi connectivity index (χ2n) is 11.9. The predicted octanol–water partition coefficient (Wildman–Crippen LogP) is -6.13. The number of aliphatic hydroxyl groups excluding tert-OH is 5. The first-order chi connectivity index (χ1) is 20.3. The third-order valence-corrected chi connectivity index (χ3v) is 8.30. The Labute approximate surface area is 251 Å². The van der Waals surface area contributed by atoms with Crippen molar-refractivity contribution in [2.75, 3.05) is 39.9 Å². The van der Waals surface area contributed by atoms with E-state index >= 15 is 0 Å². The molecule has 0 aromatic rings. The number of rotatable bonds is 14. The number of hydrogen-bond donors (Lipinski definition) is 12. The highest BCUT2D eigenvalue weighted by molar-refractivity contribution is 5.80. The minimum absolute atomic E-state index is 0.0176. The zero-order valence-electron chi connectivity index (χ0n) is 24.8. The van der Waals surface area contributed by atoms with Crippen LogP contribution >= 0.6 is 0 Å². The van der Waals surface area contributed by atoms with Crippen LogP contribution in [0.3, 0.4) is 0 Å². The Bertz CT molecular complexity index is 862. The SMILES string of the molecule is CNC1C(O)C(OC2C(NC(=O)C(O)CC(O)CN)CC(N)C(OC3OC(CNCCO)CCC3N)C2O)OCC1(C)O. The second-order valence-corrected chi connectivity index (χ2v) is 11.9. The number of hydrogen-bond acceptors (Lipinski definition) is 16. The third-order valence-electron chi connectivity index (χ3n) is 8.30. The molecule has 1 saturated carbocycles. The van der Waals surface area contributed by atoms with E-state index in [0.717, 1.165) is 0 Å². The van der Waals surface area contributed by atoms with Crippen LogP contribution in [-0.4, -0.2) is 162 Å². The number of nitrogens with two attached hydrogens (primary N) is 3. The number of amides is 1. The first kappa shape index (κ1) is 36.3. The Morgan fingerprint density at radius 3 is 2.44 bits per heavy atom. The predicted molar refractivity (Wildman–Crippen MR) is 151 cm³/mol. The van der Waals surface area contributed by atoms with Gasteiger partial charge >= 0.3 is 0 Å². The Morgan fingerprint density at radius 1 is 1.09 bits per heavy atom. The molecule has 43 heavy (non-hydrogen) atoms. The van der Waals surface area contributed by atoms with Gasteiger partial charge in [-0.15, -0.1) is 0 Å². The molecule has 2 saturated heterocycles. The van der Waals surface area contributed by atoms with Gasteiger partial charge in [-0.1, -0.05) is 0 Å². The summed E-state index contributed by atoms with van der Waals surface area (Å²) in [6, 6.07) is -3.20. The van der Waals surface area contributed by atoms with Crippen LogP contribution in [-0.2, 0) is 23.7 Å². The van der Waals surface area contributed by atoms with E-state index in [1.165, 1.54) is 6.92 Å². The van der Waals surface area contributed by atoms with Gasteiger partial charge in [0.15, 0.2) is 12.6 Å². The van der Waals surface area contributed by atoms with E-state index in [0.29, 0.717) is 25.9 Å². The molecule has 3 fully saturated rings. The highest BCUT2D eigenvalue weighted by Crippen LogP contribution is 2.32. The molecule has 14 atom stereocenters. The molecular weight excluding hydrogens is 572 g/mol. The van der Waals surface area contributed by atoms with Crippen LogP contribution in [0.4, 0.5) is 0 Å². The maximum atomic E-state index is 12.8. The second kappa shape index (κ2) is 16.4. The lowest BCUT2D eigenvalue weighted by Crippen LogP contribution is -2.69. The lowest BCUT2D eigenvalue weighted by atomic mass is 9.83. The number of aliphatic hydroxyl groups is 6. The van der Waals surface area contributed by atoms with Crippen molar-refractivity contribution in [1.29, 1.82) is 0 Å². The molecule has 0 aromatic heterocycles. The molecule has 0 bridgehead atoms. The average molecular weight is 625 g/mol. The first-order valence-corrected chi connectivity index (χ1v) is 14.9. The van der Waals surface area contributed by atoms with Gasteiger partial charge in [-0.25, -0.2) is 0 Å². The van der Waals surface area contributed by atoms with Gasteiger partial charge < -0.3 is 82.7 Å². The molecule has 3 aliphatic rings. The summed E-state index contributed by atoms with van der Waals surface area (Å²) in [5.41, 5.74) is 16.7. The van der Waals surface area contributed by atoms with Crippen LogP contribution in [0.25, 0.3) is 0 Å².